The summed E-state index contributed by atoms with van der Waals surface area (Å²) in [6, 6.07) is 1.63. The molecule has 118 valence electrons. The molecule has 0 heterocycles. The SMILES string of the molecule is O=C(O)c1cc(Br)cc(S(=O)(=O)NCC(O)C(F)F)c1F. The van der Waals surface area contributed by atoms with E-state index in [9.17, 15) is 26.4 Å². The van der Waals surface area contributed by atoms with E-state index < -0.39 is 51.3 Å². The first-order valence-electron chi connectivity index (χ1n) is 5.24. The monoisotopic (exact) mass is 391 g/mol. The van der Waals surface area contributed by atoms with E-state index in [2.05, 4.69) is 15.9 Å². The molecule has 6 nitrogen and oxygen atoms in total. The minimum atomic E-state index is -4.61. The smallest absolute Gasteiger partial charge is 0.338 e. The fourth-order valence-electron chi connectivity index (χ4n) is 1.28. The van der Waals surface area contributed by atoms with Gasteiger partial charge in [-0.3, -0.25) is 0 Å². The number of alkyl halides is 2. The second kappa shape index (κ2) is 6.73. The molecule has 1 aromatic rings. The molecule has 0 aliphatic heterocycles. The van der Waals surface area contributed by atoms with Crippen molar-refractivity contribution in [3.8, 4) is 0 Å². The molecular formula is C10H9BrF3NO5S. The summed E-state index contributed by atoms with van der Waals surface area (Å²) < 4.78 is 63.1. The van der Waals surface area contributed by atoms with Crippen molar-refractivity contribution in [1.82, 2.24) is 4.72 Å². The molecule has 1 aromatic carbocycles. The van der Waals surface area contributed by atoms with Crippen molar-refractivity contribution >= 4 is 31.9 Å². The van der Waals surface area contributed by atoms with E-state index in [1.54, 1.807) is 4.72 Å². The van der Waals surface area contributed by atoms with E-state index in [-0.39, 0.29) is 4.47 Å². The van der Waals surface area contributed by atoms with Crippen LogP contribution in [0.3, 0.4) is 0 Å². The first-order valence-corrected chi connectivity index (χ1v) is 7.52. The largest absolute Gasteiger partial charge is 0.478 e. The van der Waals surface area contributed by atoms with Gasteiger partial charge in [0.05, 0.1) is 5.56 Å². The van der Waals surface area contributed by atoms with Crippen molar-refractivity contribution in [3.05, 3.63) is 28.0 Å². The number of aliphatic hydroxyl groups excluding tert-OH is 1. The summed E-state index contributed by atoms with van der Waals surface area (Å²) in [6.45, 7) is -1.05. The van der Waals surface area contributed by atoms with Crippen molar-refractivity contribution in [2.24, 2.45) is 0 Å². The molecule has 0 amide bonds. The van der Waals surface area contributed by atoms with E-state index >= 15 is 0 Å². The lowest BCUT2D eigenvalue weighted by Gasteiger charge is -2.12. The van der Waals surface area contributed by atoms with E-state index in [1.807, 2.05) is 0 Å². The first-order chi connectivity index (χ1) is 9.56. The van der Waals surface area contributed by atoms with Crippen molar-refractivity contribution in [3.63, 3.8) is 0 Å². The minimum Gasteiger partial charge on any atom is -0.478 e. The Morgan fingerprint density at radius 2 is 1.95 bits per heavy atom. The normalized spacial score (nSPS) is 13.4. The van der Waals surface area contributed by atoms with Gasteiger partial charge in [0.2, 0.25) is 10.0 Å². The maximum Gasteiger partial charge on any atom is 0.338 e. The highest BCUT2D eigenvalue weighted by molar-refractivity contribution is 9.10. The molecule has 0 aromatic heterocycles. The number of carboxylic acids is 1. The van der Waals surface area contributed by atoms with Gasteiger partial charge in [0.1, 0.15) is 11.0 Å². The Morgan fingerprint density at radius 1 is 1.38 bits per heavy atom. The van der Waals surface area contributed by atoms with Gasteiger partial charge in [-0.2, -0.15) is 0 Å². The zero-order chi connectivity index (χ0) is 16.4. The summed E-state index contributed by atoms with van der Waals surface area (Å²) >= 11 is 2.82. The van der Waals surface area contributed by atoms with Crippen LogP contribution in [-0.2, 0) is 10.0 Å². The lowest BCUT2D eigenvalue weighted by molar-refractivity contribution is -0.000456. The van der Waals surface area contributed by atoms with Crippen molar-refractivity contribution in [1.29, 1.82) is 0 Å². The summed E-state index contributed by atoms with van der Waals surface area (Å²) in [5.41, 5.74) is -0.904. The average Bonchev–Trinajstić information content (AvgIpc) is 2.37. The number of nitrogens with one attached hydrogen (secondary N) is 1. The van der Waals surface area contributed by atoms with Gasteiger partial charge < -0.3 is 10.2 Å². The molecule has 1 atom stereocenters. The van der Waals surface area contributed by atoms with Crippen LogP contribution in [0.4, 0.5) is 13.2 Å². The molecule has 0 saturated carbocycles. The number of rotatable bonds is 6. The van der Waals surface area contributed by atoms with Crippen LogP contribution in [0.25, 0.3) is 0 Å². The summed E-state index contributed by atoms with van der Waals surface area (Å²) in [7, 11) is -4.61. The Kier molecular flexibility index (Phi) is 5.73. The van der Waals surface area contributed by atoms with Gasteiger partial charge >= 0.3 is 5.97 Å². The van der Waals surface area contributed by atoms with Crippen LogP contribution in [-0.4, -0.2) is 43.7 Å². The highest BCUT2D eigenvalue weighted by Crippen LogP contribution is 2.24. The molecule has 0 saturated heterocycles. The number of carbonyl (C=O) groups is 1. The van der Waals surface area contributed by atoms with Crippen LogP contribution in [0.1, 0.15) is 10.4 Å². The predicted molar refractivity (Wildman–Crippen MR) is 68.3 cm³/mol. The molecule has 0 aliphatic rings. The van der Waals surface area contributed by atoms with Gasteiger partial charge in [0, 0.05) is 11.0 Å². The molecule has 1 unspecified atom stereocenters. The van der Waals surface area contributed by atoms with Gasteiger partial charge in [0.25, 0.3) is 6.43 Å². The number of hydrogen-bond acceptors (Lipinski definition) is 4. The van der Waals surface area contributed by atoms with Crippen molar-refractivity contribution < 1.29 is 36.6 Å². The molecule has 11 heteroatoms. The topological polar surface area (TPSA) is 104 Å². The third-order valence-electron chi connectivity index (χ3n) is 2.30. The number of hydrogen-bond donors (Lipinski definition) is 3. The third kappa shape index (κ3) is 4.40. The lowest BCUT2D eigenvalue weighted by Crippen LogP contribution is -2.36. The number of benzene rings is 1. The molecular weight excluding hydrogens is 383 g/mol. The lowest BCUT2D eigenvalue weighted by atomic mass is 10.2. The van der Waals surface area contributed by atoms with Gasteiger partial charge in [-0.1, -0.05) is 15.9 Å². The Hall–Kier alpha value is -1.17. The van der Waals surface area contributed by atoms with Gasteiger partial charge in [-0.25, -0.2) is 31.1 Å². The van der Waals surface area contributed by atoms with Crippen LogP contribution >= 0.6 is 15.9 Å². The maximum atomic E-state index is 13.9. The van der Waals surface area contributed by atoms with Crippen LogP contribution in [0.5, 0.6) is 0 Å². The quantitative estimate of drug-likeness (QED) is 0.675. The number of carboxylic acid groups (broad SMARTS) is 1. The Bertz CT molecular complexity index is 652. The standard InChI is InChI=1S/C10H9BrF3NO5S/c11-4-1-5(10(17)18)8(12)7(2-4)21(19,20)15-3-6(16)9(13)14/h1-2,6,9,15-16H,3H2,(H,17,18). The highest BCUT2D eigenvalue weighted by Gasteiger charge is 2.27. The zero-order valence-electron chi connectivity index (χ0n) is 10.1. The number of sulfonamides is 1. The van der Waals surface area contributed by atoms with E-state index in [0.717, 1.165) is 12.1 Å². The van der Waals surface area contributed by atoms with Crippen LogP contribution < -0.4 is 4.72 Å². The van der Waals surface area contributed by atoms with Crippen LogP contribution in [0.2, 0.25) is 0 Å². The molecule has 21 heavy (non-hydrogen) atoms. The predicted octanol–water partition coefficient (Wildman–Crippen LogP) is 1.19. The van der Waals surface area contributed by atoms with Gasteiger partial charge in [0.15, 0.2) is 5.82 Å². The molecule has 0 spiro atoms. The number of halogens is 4. The summed E-state index contributed by atoms with van der Waals surface area (Å²) in [5, 5.41) is 17.6. The maximum absolute atomic E-state index is 13.9. The summed E-state index contributed by atoms with van der Waals surface area (Å²) in [6.07, 6.45) is -5.46. The molecule has 0 aliphatic carbocycles. The number of aliphatic hydroxyl groups is 1. The molecule has 0 bridgehead atoms. The van der Waals surface area contributed by atoms with Gasteiger partial charge in [-0.15, -0.1) is 0 Å². The average molecular weight is 392 g/mol. The highest BCUT2D eigenvalue weighted by atomic mass is 79.9. The Labute approximate surface area is 125 Å². The van der Waals surface area contributed by atoms with Crippen molar-refractivity contribution in [2.45, 2.75) is 17.4 Å². The fraction of sp³-hybridized carbons (Fsp3) is 0.300. The molecule has 0 radical (unpaired) electrons. The molecule has 1 rings (SSSR count). The Morgan fingerprint density at radius 3 is 2.43 bits per heavy atom. The second-order valence-corrected chi connectivity index (χ2v) is 6.48. The summed E-state index contributed by atoms with van der Waals surface area (Å²) in [4.78, 5) is 9.76. The van der Waals surface area contributed by atoms with E-state index in [1.165, 1.54) is 0 Å². The summed E-state index contributed by atoms with van der Waals surface area (Å²) in [5.74, 6) is -3.23. The van der Waals surface area contributed by atoms with Crippen LogP contribution in [0, 0.1) is 5.82 Å². The molecule has 3 N–H and O–H groups in total. The minimum absolute atomic E-state index is 0.0314. The first kappa shape index (κ1) is 17.9. The van der Waals surface area contributed by atoms with Gasteiger partial charge in [-0.05, 0) is 12.1 Å². The zero-order valence-corrected chi connectivity index (χ0v) is 12.5. The third-order valence-corrected chi connectivity index (χ3v) is 4.18. The second-order valence-electron chi connectivity index (χ2n) is 3.82. The van der Waals surface area contributed by atoms with Crippen molar-refractivity contribution in [2.75, 3.05) is 6.54 Å². The fourth-order valence-corrected chi connectivity index (χ4v) is 3.06. The number of aromatic carboxylic acids is 1. The van der Waals surface area contributed by atoms with E-state index in [0.29, 0.717) is 0 Å². The van der Waals surface area contributed by atoms with Crippen LogP contribution in [0.15, 0.2) is 21.5 Å². The van der Waals surface area contributed by atoms with E-state index in [4.69, 9.17) is 10.2 Å². The Balaban J connectivity index is 3.17. The molecule has 0 fully saturated rings.